The van der Waals surface area contributed by atoms with Crippen molar-refractivity contribution >= 4 is 50.7 Å². The number of nitrogens with zero attached hydrogens (tertiary/aromatic N) is 2. The van der Waals surface area contributed by atoms with Crippen molar-refractivity contribution in [1.29, 1.82) is 0 Å². The molecule has 4 rings (SSSR count). The number of carbonyl (C=O) groups is 2. The minimum Gasteiger partial charge on any atom is -0.354 e. The fourth-order valence-electron chi connectivity index (χ4n) is 4.67. The Kier molecular flexibility index (Phi) is 11.6. The number of sulfonamides is 1. The second-order valence-corrected chi connectivity index (χ2v) is 13.6. The molecule has 0 saturated carbocycles. The summed E-state index contributed by atoms with van der Waals surface area (Å²) in [5.74, 6) is -1.45. The van der Waals surface area contributed by atoms with E-state index in [1.165, 1.54) is 29.2 Å². The summed E-state index contributed by atoms with van der Waals surface area (Å²) in [4.78, 5) is 29.5. The molecule has 45 heavy (non-hydrogen) atoms. The first-order valence-corrected chi connectivity index (χ1v) is 16.5. The van der Waals surface area contributed by atoms with Gasteiger partial charge >= 0.3 is 0 Å². The number of amides is 2. The molecule has 1 atom stereocenters. The lowest BCUT2D eigenvalue weighted by Crippen LogP contribution is -2.53. The van der Waals surface area contributed by atoms with E-state index in [-0.39, 0.29) is 40.4 Å². The maximum Gasteiger partial charge on any atom is 0.264 e. The molecule has 0 aliphatic rings. The van der Waals surface area contributed by atoms with Crippen LogP contribution in [0.2, 0.25) is 10.0 Å². The van der Waals surface area contributed by atoms with Crippen LogP contribution < -0.4 is 9.62 Å². The first kappa shape index (κ1) is 34.0. The minimum atomic E-state index is -4.28. The lowest BCUT2D eigenvalue weighted by molar-refractivity contribution is -0.140. The first-order valence-electron chi connectivity index (χ1n) is 14.3. The Labute approximate surface area is 273 Å². The Bertz CT molecular complexity index is 1710. The van der Waals surface area contributed by atoms with Gasteiger partial charge in [0.05, 0.1) is 20.6 Å². The molecule has 0 radical (unpaired) electrons. The van der Waals surface area contributed by atoms with Crippen LogP contribution in [0.4, 0.5) is 10.1 Å². The molecule has 0 aromatic heterocycles. The fraction of sp³-hybridized carbons (Fsp3) is 0.235. The van der Waals surface area contributed by atoms with Crippen LogP contribution in [0.15, 0.2) is 108 Å². The van der Waals surface area contributed by atoms with E-state index in [1.54, 1.807) is 36.4 Å². The highest BCUT2D eigenvalue weighted by Gasteiger charge is 2.34. The Morgan fingerprint density at radius 2 is 1.44 bits per heavy atom. The molecule has 4 aromatic carbocycles. The number of halogens is 3. The van der Waals surface area contributed by atoms with Gasteiger partial charge in [-0.25, -0.2) is 12.8 Å². The van der Waals surface area contributed by atoms with E-state index < -0.39 is 34.3 Å². The number of benzene rings is 4. The van der Waals surface area contributed by atoms with E-state index in [9.17, 15) is 22.4 Å². The largest absolute Gasteiger partial charge is 0.354 e. The number of nitrogens with one attached hydrogen (secondary N) is 1. The predicted molar refractivity (Wildman–Crippen MR) is 176 cm³/mol. The summed E-state index contributed by atoms with van der Waals surface area (Å²) < 4.78 is 42.7. The van der Waals surface area contributed by atoms with Crippen molar-refractivity contribution in [3.8, 4) is 0 Å². The van der Waals surface area contributed by atoms with Crippen molar-refractivity contribution in [2.75, 3.05) is 17.4 Å². The molecule has 0 heterocycles. The van der Waals surface area contributed by atoms with Gasteiger partial charge in [0, 0.05) is 19.5 Å². The van der Waals surface area contributed by atoms with Crippen LogP contribution >= 0.6 is 23.2 Å². The van der Waals surface area contributed by atoms with Crippen LogP contribution in [-0.4, -0.2) is 44.3 Å². The molecule has 0 bridgehead atoms. The van der Waals surface area contributed by atoms with Gasteiger partial charge in [-0.3, -0.25) is 13.9 Å². The summed E-state index contributed by atoms with van der Waals surface area (Å²) in [6.45, 7) is 3.57. The summed E-state index contributed by atoms with van der Waals surface area (Å²) in [5, 5.41) is 3.53. The molecular weight excluding hydrogens is 636 g/mol. The highest BCUT2D eigenvalue weighted by molar-refractivity contribution is 7.92. The number of rotatable bonds is 13. The maximum absolute atomic E-state index is 14.4. The average Bonchev–Trinajstić information content (AvgIpc) is 3.03. The molecule has 0 aliphatic heterocycles. The third-order valence-corrected chi connectivity index (χ3v) is 9.54. The molecule has 0 unspecified atom stereocenters. The van der Waals surface area contributed by atoms with Gasteiger partial charge < -0.3 is 10.2 Å². The number of anilines is 1. The maximum atomic E-state index is 14.4. The summed E-state index contributed by atoms with van der Waals surface area (Å²) in [6, 6.07) is 25.6. The van der Waals surface area contributed by atoms with E-state index >= 15 is 0 Å². The predicted octanol–water partition coefficient (Wildman–Crippen LogP) is 6.74. The Balaban J connectivity index is 1.80. The normalized spacial score (nSPS) is 12.0. The molecule has 1 N–H and O–H groups in total. The zero-order valence-electron chi connectivity index (χ0n) is 24.9. The lowest BCUT2D eigenvalue weighted by atomic mass is 10.0. The van der Waals surface area contributed by atoms with E-state index in [1.807, 2.05) is 44.2 Å². The molecular formula is C34H34Cl2FN3O4S. The molecule has 4 aromatic rings. The molecule has 0 spiro atoms. The van der Waals surface area contributed by atoms with Gasteiger partial charge in [0.25, 0.3) is 10.0 Å². The van der Waals surface area contributed by atoms with Crippen LogP contribution in [-0.2, 0) is 32.6 Å². The monoisotopic (exact) mass is 669 g/mol. The van der Waals surface area contributed by atoms with Crippen molar-refractivity contribution in [2.45, 2.75) is 37.8 Å². The zero-order chi connectivity index (χ0) is 32.6. The van der Waals surface area contributed by atoms with Crippen molar-refractivity contribution in [3.63, 3.8) is 0 Å². The van der Waals surface area contributed by atoms with Gasteiger partial charge in [-0.2, -0.15) is 0 Å². The van der Waals surface area contributed by atoms with Crippen molar-refractivity contribution in [2.24, 2.45) is 5.92 Å². The number of carbonyl (C=O) groups excluding carboxylic acids is 2. The fourth-order valence-corrected chi connectivity index (χ4v) is 6.42. The van der Waals surface area contributed by atoms with Crippen molar-refractivity contribution < 1.29 is 22.4 Å². The number of hydrogen-bond donors (Lipinski definition) is 1. The van der Waals surface area contributed by atoms with Gasteiger partial charge in [0.1, 0.15) is 18.4 Å². The number of hydrogen-bond acceptors (Lipinski definition) is 4. The second-order valence-electron chi connectivity index (χ2n) is 10.9. The topological polar surface area (TPSA) is 86.8 Å². The zero-order valence-corrected chi connectivity index (χ0v) is 27.2. The third kappa shape index (κ3) is 9.06. The van der Waals surface area contributed by atoms with Crippen LogP contribution in [0, 0.1) is 11.7 Å². The van der Waals surface area contributed by atoms with Crippen LogP contribution in [0.1, 0.15) is 25.0 Å². The quantitative estimate of drug-likeness (QED) is 0.171. The van der Waals surface area contributed by atoms with Crippen LogP contribution in [0.3, 0.4) is 0 Å². The van der Waals surface area contributed by atoms with Crippen molar-refractivity contribution in [1.82, 2.24) is 10.2 Å². The minimum absolute atomic E-state index is 0.0475. The van der Waals surface area contributed by atoms with Crippen LogP contribution in [0.25, 0.3) is 0 Å². The van der Waals surface area contributed by atoms with Gasteiger partial charge in [-0.15, -0.1) is 0 Å². The Morgan fingerprint density at radius 1 is 0.822 bits per heavy atom. The summed E-state index contributed by atoms with van der Waals surface area (Å²) in [7, 11) is -4.28. The van der Waals surface area contributed by atoms with Gasteiger partial charge in [0.15, 0.2) is 0 Å². The highest BCUT2D eigenvalue weighted by atomic mass is 35.5. The molecule has 2 amide bonds. The van der Waals surface area contributed by atoms with E-state index in [0.29, 0.717) is 17.1 Å². The Morgan fingerprint density at radius 3 is 2.04 bits per heavy atom. The summed E-state index contributed by atoms with van der Waals surface area (Å²) in [5.41, 5.74) is 1.49. The van der Waals surface area contributed by atoms with Gasteiger partial charge in [-0.05, 0) is 65.6 Å². The summed E-state index contributed by atoms with van der Waals surface area (Å²) >= 11 is 12.5. The van der Waals surface area contributed by atoms with E-state index in [4.69, 9.17) is 23.2 Å². The molecule has 236 valence electrons. The Hall–Kier alpha value is -3.92. The second kappa shape index (κ2) is 15.4. The third-order valence-electron chi connectivity index (χ3n) is 7.02. The lowest BCUT2D eigenvalue weighted by Gasteiger charge is -2.34. The van der Waals surface area contributed by atoms with Crippen LogP contribution in [0.5, 0.6) is 0 Å². The van der Waals surface area contributed by atoms with E-state index in [2.05, 4.69) is 5.32 Å². The summed E-state index contributed by atoms with van der Waals surface area (Å²) in [6.07, 6.45) is 0.166. The highest BCUT2D eigenvalue weighted by Crippen LogP contribution is 2.27. The van der Waals surface area contributed by atoms with E-state index in [0.717, 1.165) is 22.0 Å². The molecule has 0 saturated heterocycles. The van der Waals surface area contributed by atoms with Gasteiger partial charge in [-0.1, -0.05) is 91.6 Å². The van der Waals surface area contributed by atoms with Crippen molar-refractivity contribution in [3.05, 3.63) is 130 Å². The molecule has 7 nitrogen and oxygen atoms in total. The first-order chi connectivity index (χ1) is 21.5. The SMILES string of the molecule is CC(C)CNC(=O)[C@H](Cc1ccccc1)N(Cc1ccc(Cl)c(Cl)c1)C(=O)CN(c1ccc(F)cc1)S(=O)(=O)c1ccccc1. The van der Waals surface area contributed by atoms with Gasteiger partial charge in [0.2, 0.25) is 11.8 Å². The molecule has 0 fully saturated rings. The smallest absolute Gasteiger partial charge is 0.264 e. The standard InChI is InChI=1S/C34H34Cl2FN3O4S/c1-24(2)21-38-34(42)32(20-25-9-5-3-6-10-25)39(22-26-13-18-30(35)31(36)19-26)33(41)23-40(28-16-14-27(37)15-17-28)45(43,44)29-11-7-4-8-12-29/h3-19,24,32H,20-23H2,1-2H3,(H,38,42)/t32-/m0/s1. The average molecular weight is 671 g/mol. The molecule has 11 heteroatoms. The molecule has 0 aliphatic carbocycles.